The number of benzene rings is 1. The van der Waals surface area contributed by atoms with Gasteiger partial charge in [0.25, 0.3) is 0 Å². The zero-order valence-electron chi connectivity index (χ0n) is 11.9. The van der Waals surface area contributed by atoms with E-state index in [-0.39, 0.29) is 12.1 Å². The maximum absolute atomic E-state index is 12.0. The van der Waals surface area contributed by atoms with Crippen LogP contribution >= 0.6 is 15.9 Å². The van der Waals surface area contributed by atoms with Crippen molar-refractivity contribution < 1.29 is 14.7 Å². The molecular weight excluding hydrogens is 336 g/mol. The van der Waals surface area contributed by atoms with Crippen LogP contribution in [0.1, 0.15) is 31.2 Å². The van der Waals surface area contributed by atoms with E-state index in [0.717, 1.165) is 22.9 Å². The highest BCUT2D eigenvalue weighted by atomic mass is 79.9. The number of aryl methyl sites for hydroxylation is 1. The summed E-state index contributed by atoms with van der Waals surface area (Å²) < 4.78 is 0.978. The van der Waals surface area contributed by atoms with E-state index in [4.69, 9.17) is 0 Å². The van der Waals surface area contributed by atoms with Crippen molar-refractivity contribution in [3.8, 4) is 0 Å². The molecule has 5 nitrogen and oxygen atoms in total. The number of carboxylic acid groups (broad SMARTS) is 1. The molecule has 0 radical (unpaired) electrons. The Morgan fingerprint density at radius 3 is 2.67 bits per heavy atom. The summed E-state index contributed by atoms with van der Waals surface area (Å²) in [4.78, 5) is 23.2. The molecule has 0 heterocycles. The molecule has 21 heavy (non-hydrogen) atoms. The molecule has 1 saturated carbocycles. The van der Waals surface area contributed by atoms with Crippen LogP contribution in [0, 0.1) is 12.8 Å². The van der Waals surface area contributed by atoms with Crippen LogP contribution in [-0.4, -0.2) is 23.1 Å². The van der Waals surface area contributed by atoms with Crippen LogP contribution in [0.5, 0.6) is 0 Å². The van der Waals surface area contributed by atoms with Gasteiger partial charge in [-0.05, 0) is 43.5 Å². The van der Waals surface area contributed by atoms with E-state index >= 15 is 0 Å². The lowest BCUT2D eigenvalue weighted by atomic mass is 9.84. The largest absolute Gasteiger partial charge is 0.481 e. The summed E-state index contributed by atoms with van der Waals surface area (Å²) in [6, 6.07) is 4.87. The van der Waals surface area contributed by atoms with Gasteiger partial charge < -0.3 is 15.7 Å². The average Bonchev–Trinajstić information content (AvgIpc) is 2.43. The Morgan fingerprint density at radius 1 is 1.29 bits per heavy atom. The van der Waals surface area contributed by atoms with E-state index < -0.39 is 11.9 Å². The minimum absolute atomic E-state index is 0.298. The van der Waals surface area contributed by atoms with Gasteiger partial charge in [-0.3, -0.25) is 4.79 Å². The number of halogens is 1. The van der Waals surface area contributed by atoms with Gasteiger partial charge in [0.2, 0.25) is 0 Å². The molecule has 0 bridgehead atoms. The summed E-state index contributed by atoms with van der Waals surface area (Å²) in [7, 11) is 0. The topological polar surface area (TPSA) is 78.4 Å². The highest BCUT2D eigenvalue weighted by molar-refractivity contribution is 9.10. The molecular formula is C15H19BrN2O3. The molecule has 2 rings (SSSR count). The van der Waals surface area contributed by atoms with Crippen molar-refractivity contribution in [1.29, 1.82) is 0 Å². The normalized spacial score (nSPS) is 21.6. The predicted octanol–water partition coefficient (Wildman–Crippen LogP) is 3.52. The van der Waals surface area contributed by atoms with Crippen molar-refractivity contribution in [3.05, 3.63) is 28.2 Å². The van der Waals surface area contributed by atoms with E-state index in [0.29, 0.717) is 18.5 Å². The number of amides is 2. The number of urea groups is 1. The monoisotopic (exact) mass is 354 g/mol. The second kappa shape index (κ2) is 6.93. The fourth-order valence-corrected chi connectivity index (χ4v) is 2.90. The third-order valence-corrected chi connectivity index (χ3v) is 4.71. The van der Waals surface area contributed by atoms with Crippen LogP contribution in [-0.2, 0) is 4.79 Å². The number of hydrogen-bond acceptors (Lipinski definition) is 2. The lowest BCUT2D eigenvalue weighted by molar-refractivity contribution is -0.143. The predicted molar refractivity (Wildman–Crippen MR) is 84.4 cm³/mol. The van der Waals surface area contributed by atoms with Gasteiger partial charge in [0, 0.05) is 16.2 Å². The van der Waals surface area contributed by atoms with E-state index in [2.05, 4.69) is 26.6 Å². The first-order valence-electron chi connectivity index (χ1n) is 7.04. The fraction of sp³-hybridized carbons (Fsp3) is 0.467. The Labute approximate surface area is 132 Å². The lowest BCUT2D eigenvalue weighted by Gasteiger charge is -2.29. The highest BCUT2D eigenvalue weighted by Gasteiger charge is 2.31. The van der Waals surface area contributed by atoms with E-state index in [9.17, 15) is 14.7 Å². The molecule has 0 aromatic heterocycles. The molecule has 1 fully saturated rings. The van der Waals surface area contributed by atoms with Gasteiger partial charge in [0.15, 0.2) is 0 Å². The van der Waals surface area contributed by atoms with Gasteiger partial charge in [-0.1, -0.05) is 28.8 Å². The van der Waals surface area contributed by atoms with Crippen LogP contribution < -0.4 is 10.6 Å². The van der Waals surface area contributed by atoms with Crippen LogP contribution in [0.3, 0.4) is 0 Å². The van der Waals surface area contributed by atoms with Gasteiger partial charge in [-0.25, -0.2) is 4.79 Å². The summed E-state index contributed by atoms with van der Waals surface area (Å²) in [5, 5.41) is 14.7. The molecule has 2 amide bonds. The molecule has 6 heteroatoms. The third kappa shape index (κ3) is 4.20. The minimum Gasteiger partial charge on any atom is -0.481 e. The Hall–Kier alpha value is -1.56. The number of carboxylic acids is 1. The second-order valence-electron chi connectivity index (χ2n) is 5.40. The second-order valence-corrected chi connectivity index (χ2v) is 6.25. The smallest absolute Gasteiger partial charge is 0.319 e. The number of anilines is 1. The Balaban J connectivity index is 1.97. The summed E-state index contributed by atoms with van der Waals surface area (Å²) in [5.41, 5.74) is 1.71. The first-order valence-corrected chi connectivity index (χ1v) is 7.83. The number of carbonyl (C=O) groups is 2. The summed E-state index contributed by atoms with van der Waals surface area (Å²) in [6.45, 7) is 1.94. The maximum Gasteiger partial charge on any atom is 0.319 e. The molecule has 0 saturated heterocycles. The van der Waals surface area contributed by atoms with E-state index in [1.165, 1.54) is 0 Å². The molecule has 3 N–H and O–H groups in total. The number of nitrogens with one attached hydrogen (secondary N) is 2. The molecule has 2 unspecified atom stereocenters. The van der Waals surface area contributed by atoms with Crippen molar-refractivity contribution in [1.82, 2.24) is 5.32 Å². The van der Waals surface area contributed by atoms with Gasteiger partial charge in [-0.2, -0.15) is 0 Å². The molecule has 2 atom stereocenters. The average molecular weight is 355 g/mol. The Kier molecular flexibility index (Phi) is 5.22. The van der Waals surface area contributed by atoms with Gasteiger partial charge in [0.1, 0.15) is 0 Å². The lowest BCUT2D eigenvalue weighted by Crippen LogP contribution is -2.46. The van der Waals surface area contributed by atoms with Crippen LogP contribution in [0.15, 0.2) is 22.7 Å². The number of aliphatic carboxylic acids is 1. The number of carbonyl (C=O) groups excluding carboxylic acids is 1. The summed E-state index contributed by atoms with van der Waals surface area (Å²) in [5.74, 6) is -1.32. The minimum atomic E-state index is -0.834. The van der Waals surface area contributed by atoms with Crippen molar-refractivity contribution in [2.24, 2.45) is 5.92 Å². The van der Waals surface area contributed by atoms with E-state index in [1.54, 1.807) is 6.07 Å². The van der Waals surface area contributed by atoms with Crippen LogP contribution in [0.2, 0.25) is 0 Å². The fourth-order valence-electron chi connectivity index (χ4n) is 2.66. The molecule has 1 aromatic carbocycles. The van der Waals surface area contributed by atoms with Crippen molar-refractivity contribution in [2.45, 2.75) is 38.6 Å². The zero-order chi connectivity index (χ0) is 15.4. The Bertz CT molecular complexity index is 548. The SMILES string of the molecule is Cc1cc(NC(=O)NC2CCCCC2C(=O)O)ccc1Br. The summed E-state index contributed by atoms with van der Waals surface area (Å²) in [6.07, 6.45) is 3.19. The quantitative estimate of drug-likeness (QED) is 0.776. The van der Waals surface area contributed by atoms with Gasteiger partial charge in [-0.15, -0.1) is 0 Å². The standard InChI is InChI=1S/C15H19BrN2O3/c1-9-8-10(6-7-12(9)16)17-15(21)18-13-5-3-2-4-11(13)14(19)20/h6-8,11,13H,2-5H2,1H3,(H,19,20)(H2,17,18,21). The molecule has 1 aliphatic rings. The van der Waals surface area contributed by atoms with Crippen molar-refractivity contribution in [3.63, 3.8) is 0 Å². The molecule has 0 spiro atoms. The van der Waals surface area contributed by atoms with Crippen LogP contribution in [0.25, 0.3) is 0 Å². The third-order valence-electron chi connectivity index (χ3n) is 3.82. The van der Waals surface area contributed by atoms with Crippen molar-refractivity contribution >= 4 is 33.6 Å². The van der Waals surface area contributed by atoms with E-state index in [1.807, 2.05) is 19.1 Å². The first kappa shape index (κ1) is 15.8. The molecule has 114 valence electrons. The number of rotatable bonds is 3. The van der Waals surface area contributed by atoms with Crippen molar-refractivity contribution in [2.75, 3.05) is 5.32 Å². The number of hydrogen-bond donors (Lipinski definition) is 3. The summed E-state index contributed by atoms with van der Waals surface area (Å²) >= 11 is 3.41. The molecule has 1 aromatic rings. The molecule has 1 aliphatic carbocycles. The Morgan fingerprint density at radius 2 is 2.00 bits per heavy atom. The highest BCUT2D eigenvalue weighted by Crippen LogP contribution is 2.25. The molecule has 0 aliphatic heterocycles. The van der Waals surface area contributed by atoms with Crippen LogP contribution in [0.4, 0.5) is 10.5 Å². The maximum atomic E-state index is 12.0. The van der Waals surface area contributed by atoms with Gasteiger partial charge >= 0.3 is 12.0 Å². The first-order chi connectivity index (χ1) is 9.97. The van der Waals surface area contributed by atoms with Gasteiger partial charge in [0.05, 0.1) is 5.92 Å². The zero-order valence-corrected chi connectivity index (χ0v) is 13.4.